The molecule has 84 valence electrons. The van der Waals surface area contributed by atoms with E-state index in [2.05, 4.69) is 13.8 Å². The minimum atomic E-state index is -0.158. The molecule has 3 heterocycles. The lowest BCUT2D eigenvalue weighted by Gasteiger charge is -2.38. The first kappa shape index (κ1) is 9.60. The Kier molecular flexibility index (Phi) is 2.04. The predicted octanol–water partition coefficient (Wildman–Crippen LogP) is 0.740. The number of hydrogen-bond acceptors (Lipinski definition) is 4. The fraction of sp³-hybridized carbons (Fsp3) is 0.909. The Bertz CT molecular complexity index is 286. The highest BCUT2D eigenvalue weighted by atomic mass is 16.6. The van der Waals surface area contributed by atoms with Gasteiger partial charge in [-0.2, -0.15) is 0 Å². The van der Waals surface area contributed by atoms with Crippen molar-refractivity contribution in [1.29, 1.82) is 0 Å². The molecular formula is C11H16O4. The summed E-state index contributed by atoms with van der Waals surface area (Å²) in [6, 6.07) is 0. The Hall–Kier alpha value is -0.610. The van der Waals surface area contributed by atoms with Crippen molar-refractivity contribution in [3.8, 4) is 0 Å². The van der Waals surface area contributed by atoms with Crippen LogP contribution >= 0.6 is 0 Å². The van der Waals surface area contributed by atoms with Gasteiger partial charge in [-0.25, -0.2) is 0 Å². The van der Waals surface area contributed by atoms with Crippen LogP contribution in [-0.2, 0) is 19.0 Å². The highest BCUT2D eigenvalue weighted by molar-refractivity contribution is 5.70. The van der Waals surface area contributed by atoms with Gasteiger partial charge in [-0.3, -0.25) is 4.79 Å². The van der Waals surface area contributed by atoms with Crippen molar-refractivity contribution in [1.82, 2.24) is 0 Å². The maximum atomic E-state index is 11.4. The van der Waals surface area contributed by atoms with E-state index in [1.54, 1.807) is 0 Å². The van der Waals surface area contributed by atoms with Crippen LogP contribution in [0.1, 0.15) is 20.3 Å². The molecule has 3 aliphatic heterocycles. The normalized spacial score (nSPS) is 53.6. The number of carbonyl (C=O) groups excluding carboxylic acids is 1. The molecule has 0 N–H and O–H groups in total. The Balaban J connectivity index is 1.92. The maximum absolute atomic E-state index is 11.4. The molecule has 15 heavy (non-hydrogen) atoms. The molecule has 3 fully saturated rings. The zero-order valence-electron chi connectivity index (χ0n) is 9.01. The average Bonchev–Trinajstić information content (AvgIpc) is 2.42. The largest absolute Gasteiger partial charge is 0.463 e. The van der Waals surface area contributed by atoms with Crippen molar-refractivity contribution in [2.45, 2.75) is 44.7 Å². The topological polar surface area (TPSA) is 44.8 Å². The molecule has 6 atom stereocenters. The fourth-order valence-electron chi connectivity index (χ4n) is 3.05. The molecule has 4 nitrogen and oxygen atoms in total. The van der Waals surface area contributed by atoms with E-state index >= 15 is 0 Å². The number of cyclic esters (lactones) is 1. The summed E-state index contributed by atoms with van der Waals surface area (Å²) in [6.07, 6.45) is 0.644. The van der Waals surface area contributed by atoms with Crippen molar-refractivity contribution in [2.75, 3.05) is 6.61 Å². The lowest BCUT2D eigenvalue weighted by atomic mass is 9.82. The minimum absolute atomic E-state index is 0.0194. The highest BCUT2D eigenvalue weighted by Crippen LogP contribution is 2.43. The highest BCUT2D eigenvalue weighted by Gasteiger charge is 2.53. The van der Waals surface area contributed by atoms with Gasteiger partial charge in [0, 0.05) is 11.8 Å². The van der Waals surface area contributed by atoms with Gasteiger partial charge < -0.3 is 14.2 Å². The molecule has 5 unspecified atom stereocenters. The van der Waals surface area contributed by atoms with Crippen LogP contribution in [0.5, 0.6) is 0 Å². The number of fused-ring (bicyclic) bond motifs is 2. The molecule has 0 aromatic rings. The van der Waals surface area contributed by atoms with Gasteiger partial charge in [-0.15, -0.1) is 0 Å². The Morgan fingerprint density at radius 1 is 1.07 bits per heavy atom. The van der Waals surface area contributed by atoms with Crippen LogP contribution in [0.2, 0.25) is 0 Å². The van der Waals surface area contributed by atoms with Crippen molar-refractivity contribution in [3.05, 3.63) is 0 Å². The Labute approximate surface area is 88.9 Å². The molecule has 3 bridgehead atoms. The lowest BCUT2D eigenvalue weighted by molar-refractivity contribution is -0.164. The van der Waals surface area contributed by atoms with Gasteiger partial charge in [0.15, 0.2) is 0 Å². The maximum Gasteiger partial charge on any atom is 0.308 e. The smallest absolute Gasteiger partial charge is 0.308 e. The molecule has 0 radical (unpaired) electrons. The van der Waals surface area contributed by atoms with Gasteiger partial charge in [-0.05, 0) is 0 Å². The number of ether oxygens (including phenoxy) is 3. The summed E-state index contributed by atoms with van der Waals surface area (Å²) in [6.45, 7) is 4.61. The molecule has 3 rings (SSSR count). The van der Waals surface area contributed by atoms with Crippen molar-refractivity contribution < 1.29 is 19.0 Å². The van der Waals surface area contributed by atoms with Crippen LogP contribution in [0.15, 0.2) is 0 Å². The van der Waals surface area contributed by atoms with E-state index in [0.717, 1.165) is 0 Å². The van der Waals surface area contributed by atoms with Gasteiger partial charge in [0.2, 0.25) is 0 Å². The third-order valence-corrected chi connectivity index (χ3v) is 3.95. The van der Waals surface area contributed by atoms with Crippen molar-refractivity contribution in [3.63, 3.8) is 0 Å². The molecule has 3 aliphatic rings. The Morgan fingerprint density at radius 2 is 1.80 bits per heavy atom. The van der Waals surface area contributed by atoms with E-state index in [1.165, 1.54) is 0 Å². The molecule has 3 saturated heterocycles. The first-order valence-electron chi connectivity index (χ1n) is 5.63. The van der Waals surface area contributed by atoms with Crippen LogP contribution in [0.25, 0.3) is 0 Å². The Morgan fingerprint density at radius 3 is 2.60 bits per heavy atom. The molecule has 0 spiro atoms. The second-order valence-corrected chi connectivity index (χ2v) is 4.88. The molecule has 0 amide bonds. The van der Waals surface area contributed by atoms with Gasteiger partial charge in [0.25, 0.3) is 0 Å². The van der Waals surface area contributed by atoms with E-state index in [1.807, 2.05) is 0 Å². The van der Waals surface area contributed by atoms with Crippen LogP contribution in [0.4, 0.5) is 0 Å². The summed E-state index contributed by atoms with van der Waals surface area (Å²) in [5.74, 6) is 0.541. The van der Waals surface area contributed by atoms with Crippen molar-refractivity contribution in [2.24, 2.45) is 11.8 Å². The molecular weight excluding hydrogens is 196 g/mol. The second-order valence-electron chi connectivity index (χ2n) is 4.88. The van der Waals surface area contributed by atoms with E-state index in [4.69, 9.17) is 14.2 Å². The number of hydrogen-bond donors (Lipinski definition) is 0. The zero-order chi connectivity index (χ0) is 10.6. The molecule has 0 aromatic carbocycles. The summed E-state index contributed by atoms with van der Waals surface area (Å²) in [4.78, 5) is 11.4. The predicted molar refractivity (Wildman–Crippen MR) is 51.2 cm³/mol. The minimum Gasteiger partial charge on any atom is -0.463 e. The quantitative estimate of drug-likeness (QED) is 0.555. The number of esters is 1. The SMILES string of the molecule is CC1C2CC(=O)OCC3OC1C(C)[C@H]3O2. The molecule has 4 heteroatoms. The van der Waals surface area contributed by atoms with E-state index < -0.39 is 0 Å². The van der Waals surface area contributed by atoms with E-state index in [9.17, 15) is 4.79 Å². The average molecular weight is 212 g/mol. The van der Waals surface area contributed by atoms with Gasteiger partial charge in [-0.1, -0.05) is 13.8 Å². The van der Waals surface area contributed by atoms with Crippen LogP contribution < -0.4 is 0 Å². The van der Waals surface area contributed by atoms with Gasteiger partial charge >= 0.3 is 5.97 Å². The lowest BCUT2D eigenvalue weighted by Crippen LogP contribution is -2.47. The summed E-state index contributed by atoms with van der Waals surface area (Å²) in [5, 5.41) is 0. The molecule has 0 aromatic heterocycles. The third-order valence-electron chi connectivity index (χ3n) is 3.95. The van der Waals surface area contributed by atoms with Crippen LogP contribution in [0, 0.1) is 11.8 Å². The van der Waals surface area contributed by atoms with E-state index in [-0.39, 0.29) is 36.3 Å². The number of rotatable bonds is 0. The van der Waals surface area contributed by atoms with Crippen LogP contribution in [0.3, 0.4) is 0 Å². The first-order chi connectivity index (χ1) is 7.16. The monoisotopic (exact) mass is 212 g/mol. The van der Waals surface area contributed by atoms with Gasteiger partial charge in [0.1, 0.15) is 12.7 Å². The summed E-state index contributed by atoms with van der Waals surface area (Å²) >= 11 is 0. The third kappa shape index (κ3) is 1.31. The number of carbonyl (C=O) groups is 1. The standard InChI is InChI=1S/C11H16O4/c1-5-7-3-9(12)13-4-8-11(14-7)6(2)10(5)15-8/h5-8,10-11H,3-4H2,1-2H3/t5?,6?,7?,8?,10?,11-/m1/s1. The summed E-state index contributed by atoms with van der Waals surface area (Å²) in [5.41, 5.74) is 0. The molecule has 0 aliphatic carbocycles. The van der Waals surface area contributed by atoms with Gasteiger partial charge in [0.05, 0.1) is 24.7 Å². The van der Waals surface area contributed by atoms with E-state index in [0.29, 0.717) is 18.9 Å². The van der Waals surface area contributed by atoms with Crippen LogP contribution in [-0.4, -0.2) is 37.0 Å². The summed E-state index contributed by atoms with van der Waals surface area (Å²) < 4.78 is 17.0. The van der Waals surface area contributed by atoms with Crippen molar-refractivity contribution >= 4 is 5.97 Å². The molecule has 0 saturated carbocycles. The second kappa shape index (κ2) is 3.19. The summed E-state index contributed by atoms with van der Waals surface area (Å²) in [7, 11) is 0. The first-order valence-corrected chi connectivity index (χ1v) is 5.63. The zero-order valence-corrected chi connectivity index (χ0v) is 9.01. The fourth-order valence-corrected chi connectivity index (χ4v) is 3.05.